The van der Waals surface area contributed by atoms with Gasteiger partial charge in [0.05, 0.1) is 0 Å². The third-order valence-corrected chi connectivity index (χ3v) is 2.83. The Bertz CT molecular complexity index is 467. The van der Waals surface area contributed by atoms with Crippen molar-refractivity contribution in [3.63, 3.8) is 0 Å². The van der Waals surface area contributed by atoms with E-state index in [2.05, 4.69) is 35.7 Å². The zero-order valence-corrected chi connectivity index (χ0v) is 11.8. The number of fused-ring (bicyclic) bond motifs is 3. The van der Waals surface area contributed by atoms with E-state index in [1.165, 1.54) is 41.4 Å². The number of H-pyrrole nitrogens is 1. The summed E-state index contributed by atoms with van der Waals surface area (Å²) in [4.78, 5) is 3.46. The third kappa shape index (κ3) is 2.65. The molecule has 0 spiro atoms. The van der Waals surface area contributed by atoms with Crippen molar-refractivity contribution in [1.82, 2.24) is 4.98 Å². The molecule has 1 aliphatic carbocycles. The van der Waals surface area contributed by atoms with Crippen LogP contribution in [0.1, 0.15) is 24.1 Å². The summed E-state index contributed by atoms with van der Waals surface area (Å²) < 4.78 is 0. The van der Waals surface area contributed by atoms with Gasteiger partial charge in [-0.3, -0.25) is 0 Å². The first kappa shape index (κ1) is 12.5. The van der Waals surface area contributed by atoms with E-state index in [9.17, 15) is 0 Å². The molecule has 0 fully saturated rings. The standard InChI is InChI=1S/C12H12N.2ClH.Ti/c1-3-7-11-9(5-1)10-6-2-4-8-12(10)13-11;;;/h1,3,5,7-8,13H,2,4,6H2;2*1H;/q;;;+2/p-2. The van der Waals surface area contributed by atoms with Crippen LogP contribution in [-0.4, -0.2) is 4.98 Å². The zero-order chi connectivity index (χ0) is 11.4. The molecule has 0 aliphatic heterocycles. The number of rotatable bonds is 0. The summed E-state index contributed by atoms with van der Waals surface area (Å²) in [6.45, 7) is 0. The number of halogens is 2. The van der Waals surface area contributed by atoms with E-state index in [0.717, 1.165) is 0 Å². The summed E-state index contributed by atoms with van der Waals surface area (Å²) in [5.74, 6) is 0. The van der Waals surface area contributed by atoms with E-state index in [1.807, 2.05) is 0 Å². The monoisotopic (exact) mass is 288 g/mol. The van der Waals surface area contributed by atoms with Crippen LogP contribution in [0.2, 0.25) is 0 Å². The minimum absolute atomic E-state index is 0.556. The molecule has 4 heteroatoms. The number of benzene rings is 1. The quantitative estimate of drug-likeness (QED) is 0.690. The van der Waals surface area contributed by atoms with Crippen LogP contribution < -0.4 is 0 Å². The van der Waals surface area contributed by atoms with Crippen molar-refractivity contribution in [3.05, 3.63) is 41.9 Å². The molecule has 0 bridgehead atoms. The average molecular weight is 289 g/mol. The molecule has 3 rings (SSSR count). The van der Waals surface area contributed by atoms with Crippen LogP contribution in [0, 0.1) is 6.42 Å². The Morgan fingerprint density at radius 3 is 2.75 bits per heavy atom. The molecule has 1 nitrogen and oxygen atoms in total. The van der Waals surface area contributed by atoms with Gasteiger partial charge in [0.1, 0.15) is 0 Å². The van der Waals surface area contributed by atoms with Gasteiger partial charge in [-0.25, -0.2) is 0 Å². The third-order valence-electron chi connectivity index (χ3n) is 2.83. The predicted molar refractivity (Wildman–Crippen MR) is 66.3 cm³/mol. The molecule has 1 aliphatic rings. The second-order valence-corrected chi connectivity index (χ2v) is 6.31. The Morgan fingerprint density at radius 1 is 1.19 bits per heavy atom. The van der Waals surface area contributed by atoms with Gasteiger partial charge in [-0.1, -0.05) is 18.2 Å². The van der Waals surface area contributed by atoms with Crippen LogP contribution in [0.3, 0.4) is 0 Å². The van der Waals surface area contributed by atoms with Gasteiger partial charge in [0.2, 0.25) is 0 Å². The summed E-state index contributed by atoms with van der Waals surface area (Å²) >= 11 is -0.556. The molecule has 0 atom stereocenters. The fourth-order valence-corrected chi connectivity index (χ4v) is 2.19. The summed E-state index contributed by atoms with van der Waals surface area (Å²) in [5, 5.41) is 1.41. The van der Waals surface area contributed by atoms with Gasteiger partial charge in [-0.05, 0) is 30.9 Å². The number of hydrogen-bond acceptors (Lipinski definition) is 0. The van der Waals surface area contributed by atoms with Crippen LogP contribution in [0.4, 0.5) is 0 Å². The first-order valence-corrected chi connectivity index (χ1v) is 9.55. The van der Waals surface area contributed by atoms with Crippen LogP contribution in [-0.2, 0) is 23.5 Å². The molecule has 1 aromatic heterocycles. The van der Waals surface area contributed by atoms with Crippen molar-refractivity contribution in [1.29, 1.82) is 0 Å². The fraction of sp³-hybridized carbons (Fsp3) is 0.250. The molecule has 2 aromatic rings. The molecule has 1 aromatic carbocycles. The SMILES string of the molecule is [CH]1CCCc2c1[nH]c1ccccc21.[Cl][Ti][Cl]. The molecule has 1 N–H and O–H groups in total. The molecule has 0 saturated heterocycles. The van der Waals surface area contributed by atoms with Crippen LogP contribution >= 0.6 is 18.6 Å². The minimum atomic E-state index is -0.556. The number of para-hydroxylation sites is 1. The van der Waals surface area contributed by atoms with Crippen molar-refractivity contribution in [2.24, 2.45) is 0 Å². The summed E-state index contributed by atoms with van der Waals surface area (Å²) in [6, 6.07) is 8.57. The van der Waals surface area contributed by atoms with E-state index in [0.29, 0.717) is 0 Å². The number of aryl methyl sites for hydroxylation is 1. The molecule has 16 heavy (non-hydrogen) atoms. The second-order valence-electron chi connectivity index (χ2n) is 3.73. The predicted octanol–water partition coefficient (Wildman–Crippen LogP) is 4.43. The van der Waals surface area contributed by atoms with Crippen molar-refractivity contribution >= 4 is 29.5 Å². The van der Waals surface area contributed by atoms with E-state index < -0.39 is 17.0 Å². The van der Waals surface area contributed by atoms with Crippen molar-refractivity contribution in [3.8, 4) is 0 Å². The van der Waals surface area contributed by atoms with Crippen LogP contribution in [0.25, 0.3) is 10.9 Å². The Balaban J connectivity index is 0.000000292. The van der Waals surface area contributed by atoms with E-state index in [1.54, 1.807) is 0 Å². The van der Waals surface area contributed by atoms with Gasteiger partial charge >= 0.3 is 35.6 Å². The van der Waals surface area contributed by atoms with Gasteiger partial charge < -0.3 is 4.98 Å². The first-order valence-electron chi connectivity index (χ1n) is 5.26. The van der Waals surface area contributed by atoms with Gasteiger partial charge in [0.25, 0.3) is 0 Å². The molecule has 0 unspecified atom stereocenters. The number of hydrogen-bond donors (Lipinski definition) is 1. The first-order chi connectivity index (χ1) is 7.86. The summed E-state index contributed by atoms with van der Waals surface area (Å²) in [5.41, 5.74) is 4.15. The average Bonchev–Trinajstić information content (AvgIpc) is 2.68. The molecule has 0 saturated carbocycles. The Hall–Kier alpha value is 0.0543. The Morgan fingerprint density at radius 2 is 1.94 bits per heavy atom. The second kappa shape index (κ2) is 6.11. The molecular weight excluding hydrogens is 277 g/mol. The zero-order valence-electron chi connectivity index (χ0n) is 8.76. The van der Waals surface area contributed by atoms with Gasteiger partial charge in [0, 0.05) is 23.0 Å². The summed E-state index contributed by atoms with van der Waals surface area (Å²) in [6.07, 6.45) is 6.07. The molecule has 1 radical (unpaired) electrons. The van der Waals surface area contributed by atoms with Crippen LogP contribution in [0.5, 0.6) is 0 Å². The Labute approximate surface area is 112 Å². The van der Waals surface area contributed by atoms with Gasteiger partial charge in [-0.15, -0.1) is 0 Å². The van der Waals surface area contributed by atoms with E-state index in [4.69, 9.17) is 18.6 Å². The van der Waals surface area contributed by atoms with Gasteiger partial charge in [0.15, 0.2) is 0 Å². The molecule has 1 heterocycles. The van der Waals surface area contributed by atoms with E-state index in [-0.39, 0.29) is 0 Å². The normalized spacial score (nSPS) is 13.9. The van der Waals surface area contributed by atoms with Crippen molar-refractivity contribution in [2.45, 2.75) is 19.3 Å². The Kier molecular flexibility index (Phi) is 4.78. The van der Waals surface area contributed by atoms with Crippen molar-refractivity contribution < 1.29 is 17.0 Å². The van der Waals surface area contributed by atoms with Crippen molar-refractivity contribution in [2.75, 3.05) is 0 Å². The number of aromatic amines is 1. The molecular formula is C12H12Cl2NTi. The number of aromatic nitrogens is 1. The van der Waals surface area contributed by atoms with Gasteiger partial charge in [-0.2, -0.15) is 0 Å². The van der Waals surface area contributed by atoms with E-state index >= 15 is 0 Å². The molecule has 0 amide bonds. The maximum absolute atomic E-state index is 4.89. The number of nitrogens with one attached hydrogen (secondary N) is 1. The van der Waals surface area contributed by atoms with Crippen LogP contribution in [0.15, 0.2) is 24.3 Å². The summed E-state index contributed by atoms with van der Waals surface area (Å²) in [7, 11) is 9.78. The fourth-order valence-electron chi connectivity index (χ4n) is 2.19. The molecule has 83 valence electrons. The maximum atomic E-state index is 4.89. The topological polar surface area (TPSA) is 15.8 Å².